The Morgan fingerprint density at radius 1 is 1.12 bits per heavy atom. The molecule has 0 spiro atoms. The number of thioether (sulfide) groups is 1. The number of halogens is 2. The molecule has 0 aliphatic carbocycles. The van der Waals surface area contributed by atoms with E-state index in [2.05, 4.69) is 11.9 Å². The summed E-state index contributed by atoms with van der Waals surface area (Å²) in [6, 6.07) is 18.4. The first kappa shape index (κ1) is 24.7. The van der Waals surface area contributed by atoms with Crippen molar-refractivity contribution in [3.05, 3.63) is 101 Å². The first-order chi connectivity index (χ1) is 16.3. The number of nitrogens with zero attached hydrogens (tertiary/aromatic N) is 1. The fourth-order valence-electron chi connectivity index (χ4n) is 3.76. The van der Waals surface area contributed by atoms with Crippen molar-refractivity contribution in [2.24, 2.45) is 0 Å². The average Bonchev–Trinajstić information content (AvgIpc) is 2.83. The maximum Gasteiger partial charge on any atom is 0.264 e. The molecule has 1 N–H and O–H groups in total. The Morgan fingerprint density at radius 2 is 1.85 bits per heavy atom. The fourth-order valence-corrected chi connectivity index (χ4v) is 6.68. The van der Waals surface area contributed by atoms with Gasteiger partial charge in [0, 0.05) is 15.7 Å². The molecule has 4 rings (SSSR count). The number of nitrogens with one attached hydrogen (secondary N) is 1. The Bertz CT molecular complexity index is 1330. The molecule has 9 heteroatoms. The van der Waals surface area contributed by atoms with Gasteiger partial charge in [0.1, 0.15) is 0 Å². The van der Waals surface area contributed by atoms with E-state index < -0.39 is 15.9 Å². The number of carbonyl (C=O) groups excluding carboxylic acids is 1. The van der Waals surface area contributed by atoms with Gasteiger partial charge in [0.2, 0.25) is 0 Å². The van der Waals surface area contributed by atoms with Crippen LogP contribution in [-0.4, -0.2) is 26.6 Å². The molecular weight excluding hydrogens is 511 g/mol. The first-order valence-corrected chi connectivity index (χ1v) is 13.7. The molecule has 1 heterocycles. The number of rotatable bonds is 7. The normalized spacial score (nSPS) is 15.3. The van der Waals surface area contributed by atoms with Crippen molar-refractivity contribution in [3.8, 4) is 0 Å². The minimum atomic E-state index is -4.01. The van der Waals surface area contributed by atoms with Gasteiger partial charge in [0.05, 0.1) is 33.8 Å². The van der Waals surface area contributed by atoms with Crippen LogP contribution >= 0.6 is 35.0 Å². The summed E-state index contributed by atoms with van der Waals surface area (Å²) < 4.78 is 28.2. The highest BCUT2D eigenvalue weighted by atomic mass is 35.5. The number of amides is 1. The number of sulfonamides is 1. The van der Waals surface area contributed by atoms with Crippen LogP contribution in [0.2, 0.25) is 10.0 Å². The van der Waals surface area contributed by atoms with Crippen molar-refractivity contribution >= 4 is 56.6 Å². The lowest BCUT2D eigenvalue weighted by atomic mass is 10.0. The highest BCUT2D eigenvalue weighted by Gasteiger charge is 2.27. The van der Waals surface area contributed by atoms with Crippen LogP contribution < -0.4 is 9.62 Å². The van der Waals surface area contributed by atoms with Gasteiger partial charge in [-0.25, -0.2) is 8.42 Å². The quantitative estimate of drug-likeness (QED) is 0.360. The smallest absolute Gasteiger partial charge is 0.264 e. The van der Waals surface area contributed by atoms with Crippen LogP contribution in [0.1, 0.15) is 28.4 Å². The minimum Gasteiger partial charge on any atom is -0.345 e. The van der Waals surface area contributed by atoms with Gasteiger partial charge in [-0.15, -0.1) is 18.3 Å². The molecular formula is C25H22Cl2N2O3S2. The molecule has 1 unspecified atom stereocenters. The number of carbonyl (C=O) groups is 1. The molecule has 34 heavy (non-hydrogen) atoms. The topological polar surface area (TPSA) is 66.5 Å². The summed E-state index contributed by atoms with van der Waals surface area (Å²) in [6.45, 7) is 3.72. The van der Waals surface area contributed by atoms with Gasteiger partial charge in [-0.1, -0.05) is 47.5 Å². The van der Waals surface area contributed by atoms with Crippen LogP contribution in [0.3, 0.4) is 0 Å². The van der Waals surface area contributed by atoms with E-state index in [1.807, 2.05) is 24.3 Å². The van der Waals surface area contributed by atoms with Crippen LogP contribution in [-0.2, 0) is 10.0 Å². The summed E-state index contributed by atoms with van der Waals surface area (Å²) in [5, 5.41) is 3.70. The Hall–Kier alpha value is -2.45. The Balaban J connectivity index is 1.65. The van der Waals surface area contributed by atoms with E-state index in [0.717, 1.165) is 22.6 Å². The maximum atomic E-state index is 13.5. The zero-order valence-corrected chi connectivity index (χ0v) is 21.2. The van der Waals surface area contributed by atoms with E-state index in [0.29, 0.717) is 10.7 Å². The number of fused-ring (bicyclic) bond motifs is 1. The van der Waals surface area contributed by atoms with E-state index in [-0.39, 0.29) is 28.1 Å². The van der Waals surface area contributed by atoms with Crippen LogP contribution in [0.4, 0.5) is 5.69 Å². The van der Waals surface area contributed by atoms with Crippen LogP contribution in [0.15, 0.2) is 89.2 Å². The Kier molecular flexibility index (Phi) is 7.57. The molecule has 1 aliphatic rings. The fraction of sp³-hybridized carbons (Fsp3) is 0.160. The average molecular weight is 534 g/mol. The summed E-state index contributed by atoms with van der Waals surface area (Å²) in [5.74, 6) is 0.456. The Morgan fingerprint density at radius 3 is 2.59 bits per heavy atom. The van der Waals surface area contributed by atoms with Crippen molar-refractivity contribution in [1.29, 1.82) is 0 Å². The largest absolute Gasteiger partial charge is 0.345 e. The monoisotopic (exact) mass is 532 g/mol. The van der Waals surface area contributed by atoms with E-state index in [4.69, 9.17) is 23.2 Å². The molecule has 1 atom stereocenters. The molecule has 5 nitrogen and oxygen atoms in total. The molecule has 0 radical (unpaired) electrons. The lowest BCUT2D eigenvalue weighted by Crippen LogP contribution is -2.32. The van der Waals surface area contributed by atoms with Gasteiger partial charge < -0.3 is 5.32 Å². The summed E-state index contributed by atoms with van der Waals surface area (Å²) in [5.41, 5.74) is 1.58. The molecule has 1 amide bonds. The van der Waals surface area contributed by atoms with Gasteiger partial charge in [0.15, 0.2) is 0 Å². The second-order valence-corrected chi connectivity index (χ2v) is 11.5. The highest BCUT2D eigenvalue weighted by Crippen LogP contribution is 2.36. The third-order valence-electron chi connectivity index (χ3n) is 5.44. The molecule has 0 saturated carbocycles. The number of anilines is 1. The molecule has 0 saturated heterocycles. The zero-order valence-electron chi connectivity index (χ0n) is 18.1. The summed E-state index contributed by atoms with van der Waals surface area (Å²) in [6.07, 6.45) is 2.26. The van der Waals surface area contributed by atoms with Crippen molar-refractivity contribution in [2.45, 2.75) is 22.3 Å². The van der Waals surface area contributed by atoms with E-state index in [9.17, 15) is 13.2 Å². The minimum absolute atomic E-state index is 0.0431. The predicted molar refractivity (Wildman–Crippen MR) is 140 cm³/mol. The van der Waals surface area contributed by atoms with Crippen molar-refractivity contribution in [3.63, 3.8) is 0 Å². The molecule has 0 fully saturated rings. The number of hydrogen-bond acceptors (Lipinski definition) is 4. The van der Waals surface area contributed by atoms with Crippen LogP contribution in [0.5, 0.6) is 0 Å². The second-order valence-electron chi connectivity index (χ2n) is 7.64. The van der Waals surface area contributed by atoms with Crippen molar-refractivity contribution in [2.75, 3.05) is 16.6 Å². The molecule has 1 aliphatic heterocycles. The number of benzene rings is 3. The standard InChI is InChI=1S/C25H22Cl2N2O3S2/c1-2-14-29(18-9-7-17(26)8-10-18)34(31,32)19-11-12-22(27)21(16-19)25(30)28-23-13-15-33-24-6-4-3-5-20(23)24/h2-12,16,23H,1,13-15H2,(H,28,30). The van der Waals surface area contributed by atoms with Gasteiger partial charge in [-0.2, -0.15) is 0 Å². The molecule has 3 aromatic rings. The van der Waals surface area contributed by atoms with Crippen molar-refractivity contribution in [1.82, 2.24) is 5.32 Å². The number of hydrogen-bond donors (Lipinski definition) is 1. The van der Waals surface area contributed by atoms with Crippen molar-refractivity contribution < 1.29 is 13.2 Å². The zero-order chi connectivity index (χ0) is 24.3. The van der Waals surface area contributed by atoms with Crippen LogP contribution in [0, 0.1) is 0 Å². The predicted octanol–water partition coefficient (Wildman–Crippen LogP) is 6.34. The van der Waals surface area contributed by atoms with Crippen LogP contribution in [0.25, 0.3) is 0 Å². The molecule has 0 aromatic heterocycles. The first-order valence-electron chi connectivity index (χ1n) is 10.5. The van der Waals surface area contributed by atoms with Gasteiger partial charge in [-0.3, -0.25) is 9.10 Å². The highest BCUT2D eigenvalue weighted by molar-refractivity contribution is 7.99. The van der Waals surface area contributed by atoms with Gasteiger partial charge in [0.25, 0.3) is 15.9 Å². The SMILES string of the molecule is C=CCN(c1ccc(Cl)cc1)S(=O)(=O)c1ccc(Cl)c(C(=O)NC2CCSc3ccccc32)c1. The summed E-state index contributed by atoms with van der Waals surface area (Å²) >= 11 is 14.0. The lowest BCUT2D eigenvalue weighted by molar-refractivity contribution is 0.0935. The van der Waals surface area contributed by atoms with E-state index in [1.165, 1.54) is 28.6 Å². The maximum absolute atomic E-state index is 13.5. The molecule has 176 valence electrons. The lowest BCUT2D eigenvalue weighted by Gasteiger charge is -2.26. The van der Waals surface area contributed by atoms with E-state index >= 15 is 0 Å². The van der Waals surface area contributed by atoms with Gasteiger partial charge >= 0.3 is 0 Å². The summed E-state index contributed by atoms with van der Waals surface area (Å²) in [7, 11) is -4.01. The summed E-state index contributed by atoms with van der Waals surface area (Å²) in [4.78, 5) is 14.3. The molecule has 3 aromatic carbocycles. The third-order valence-corrected chi connectivity index (χ3v) is 8.94. The molecule has 0 bridgehead atoms. The third kappa shape index (κ3) is 5.13. The Labute approximate surface area is 213 Å². The second kappa shape index (κ2) is 10.4. The van der Waals surface area contributed by atoms with E-state index in [1.54, 1.807) is 36.0 Å². The van der Waals surface area contributed by atoms with Gasteiger partial charge in [-0.05, 0) is 60.5 Å².